The van der Waals surface area contributed by atoms with Gasteiger partial charge < -0.3 is 14.5 Å². The van der Waals surface area contributed by atoms with Crippen LogP contribution < -0.4 is 5.32 Å². The molecule has 0 saturated carbocycles. The summed E-state index contributed by atoms with van der Waals surface area (Å²) >= 11 is 0. The van der Waals surface area contributed by atoms with E-state index in [1.54, 1.807) is 0 Å². The van der Waals surface area contributed by atoms with Crippen molar-refractivity contribution in [2.75, 3.05) is 20.2 Å². The number of rotatable bonds is 3. The lowest BCUT2D eigenvalue weighted by Crippen LogP contribution is -2.28. The van der Waals surface area contributed by atoms with Gasteiger partial charge >= 0.3 is 5.97 Å². The smallest absolute Gasteiger partial charge is 0.360 e. The van der Waals surface area contributed by atoms with Gasteiger partial charge in [0.25, 0.3) is 0 Å². The Morgan fingerprint density at radius 2 is 2.29 bits per heavy atom. The van der Waals surface area contributed by atoms with Gasteiger partial charge in [-0.15, -0.1) is 12.4 Å². The first-order chi connectivity index (χ1) is 7.79. The van der Waals surface area contributed by atoms with E-state index in [0.717, 1.165) is 32.4 Å². The van der Waals surface area contributed by atoms with Crippen LogP contribution in [-0.2, 0) is 11.2 Å². The van der Waals surface area contributed by atoms with E-state index in [-0.39, 0.29) is 18.1 Å². The third-order valence-corrected chi connectivity index (χ3v) is 2.87. The maximum absolute atomic E-state index is 11.2. The van der Waals surface area contributed by atoms with Gasteiger partial charge in [-0.3, -0.25) is 0 Å². The molecule has 0 amide bonds. The monoisotopic (exact) mass is 260 g/mol. The molecular formula is C11H17ClN2O3. The summed E-state index contributed by atoms with van der Waals surface area (Å²) in [7, 11) is 1.34. The van der Waals surface area contributed by atoms with E-state index in [0.29, 0.717) is 11.8 Å². The minimum absolute atomic E-state index is 0. The van der Waals surface area contributed by atoms with Gasteiger partial charge in [-0.05, 0) is 31.8 Å². The minimum atomic E-state index is -0.444. The second-order valence-electron chi connectivity index (χ2n) is 4.02. The van der Waals surface area contributed by atoms with Crippen LogP contribution in [0.15, 0.2) is 10.7 Å². The lowest BCUT2D eigenvalue weighted by Gasteiger charge is -2.20. The Bertz CT molecular complexity index is 361. The zero-order valence-corrected chi connectivity index (χ0v) is 10.6. The number of oxazole rings is 1. The molecule has 1 fully saturated rings. The van der Waals surface area contributed by atoms with Crippen LogP contribution in [-0.4, -0.2) is 31.2 Å². The van der Waals surface area contributed by atoms with Crippen molar-refractivity contribution in [2.24, 2.45) is 5.92 Å². The van der Waals surface area contributed by atoms with E-state index in [1.165, 1.54) is 13.4 Å². The Morgan fingerprint density at radius 3 is 2.94 bits per heavy atom. The first kappa shape index (κ1) is 14.0. The molecule has 6 heteroatoms. The zero-order chi connectivity index (χ0) is 11.4. The van der Waals surface area contributed by atoms with E-state index < -0.39 is 5.97 Å². The van der Waals surface area contributed by atoms with Crippen molar-refractivity contribution in [3.05, 3.63) is 17.8 Å². The molecule has 0 atom stereocenters. The maximum atomic E-state index is 11.2. The van der Waals surface area contributed by atoms with Crippen LogP contribution in [0.1, 0.15) is 29.2 Å². The van der Waals surface area contributed by atoms with Crippen molar-refractivity contribution in [3.8, 4) is 0 Å². The Hall–Kier alpha value is -1.07. The first-order valence-corrected chi connectivity index (χ1v) is 5.53. The summed E-state index contributed by atoms with van der Waals surface area (Å²) < 4.78 is 9.83. The van der Waals surface area contributed by atoms with Gasteiger partial charge in [-0.2, -0.15) is 0 Å². The molecule has 1 aromatic heterocycles. The third kappa shape index (κ3) is 3.71. The second kappa shape index (κ2) is 6.61. The van der Waals surface area contributed by atoms with Crippen LogP contribution in [0.5, 0.6) is 0 Å². The fourth-order valence-corrected chi connectivity index (χ4v) is 1.94. The number of halogens is 1. The van der Waals surface area contributed by atoms with Crippen molar-refractivity contribution in [1.29, 1.82) is 0 Å². The molecule has 2 rings (SSSR count). The normalized spacial score (nSPS) is 16.3. The van der Waals surface area contributed by atoms with E-state index in [4.69, 9.17) is 4.42 Å². The number of aromatic nitrogens is 1. The summed E-state index contributed by atoms with van der Waals surface area (Å²) in [6, 6.07) is 0. The fraction of sp³-hybridized carbons (Fsp3) is 0.636. The highest BCUT2D eigenvalue weighted by molar-refractivity contribution is 5.86. The molecule has 2 heterocycles. The summed E-state index contributed by atoms with van der Waals surface area (Å²) in [4.78, 5) is 15.3. The molecule has 1 aliphatic rings. The van der Waals surface area contributed by atoms with Gasteiger partial charge in [0.2, 0.25) is 0 Å². The van der Waals surface area contributed by atoms with Crippen LogP contribution in [0.4, 0.5) is 0 Å². The van der Waals surface area contributed by atoms with E-state index in [9.17, 15) is 4.79 Å². The molecule has 1 saturated heterocycles. The highest BCUT2D eigenvalue weighted by Crippen LogP contribution is 2.17. The largest absolute Gasteiger partial charge is 0.464 e. The molecule has 1 aromatic rings. The maximum Gasteiger partial charge on any atom is 0.360 e. The van der Waals surface area contributed by atoms with E-state index >= 15 is 0 Å². The van der Waals surface area contributed by atoms with Crippen LogP contribution in [0.2, 0.25) is 0 Å². The van der Waals surface area contributed by atoms with Crippen molar-refractivity contribution in [3.63, 3.8) is 0 Å². The summed E-state index contributed by atoms with van der Waals surface area (Å²) in [5, 5.41) is 3.31. The highest BCUT2D eigenvalue weighted by atomic mass is 35.5. The summed E-state index contributed by atoms with van der Waals surface area (Å²) in [6.07, 6.45) is 4.44. The van der Waals surface area contributed by atoms with Gasteiger partial charge in [0, 0.05) is 6.42 Å². The first-order valence-electron chi connectivity index (χ1n) is 5.53. The van der Waals surface area contributed by atoms with Crippen LogP contribution in [0.3, 0.4) is 0 Å². The number of carbonyl (C=O) groups excluding carboxylic acids is 1. The molecule has 1 aliphatic heterocycles. The molecule has 0 aromatic carbocycles. The average molecular weight is 261 g/mol. The van der Waals surface area contributed by atoms with Crippen molar-refractivity contribution < 1.29 is 13.9 Å². The summed E-state index contributed by atoms with van der Waals surface area (Å²) in [5.41, 5.74) is 0.256. The number of hydrogen-bond acceptors (Lipinski definition) is 5. The predicted molar refractivity (Wildman–Crippen MR) is 64.4 cm³/mol. The topological polar surface area (TPSA) is 64.4 Å². The van der Waals surface area contributed by atoms with E-state index in [2.05, 4.69) is 15.0 Å². The quantitative estimate of drug-likeness (QED) is 0.833. The average Bonchev–Trinajstić information content (AvgIpc) is 2.78. The lowest BCUT2D eigenvalue weighted by molar-refractivity contribution is 0.0594. The number of nitrogens with one attached hydrogen (secondary N) is 1. The standard InChI is InChI=1S/C11H16N2O3.ClH/c1-15-11(14)9-7-16-10(13-9)6-8-2-4-12-5-3-8;/h7-8,12H,2-6H2,1H3;1H. The number of hydrogen-bond donors (Lipinski definition) is 1. The zero-order valence-electron chi connectivity index (χ0n) is 9.77. The van der Waals surface area contributed by atoms with Gasteiger partial charge in [-0.25, -0.2) is 9.78 Å². The molecule has 0 spiro atoms. The predicted octanol–water partition coefficient (Wildman–Crippen LogP) is 1.43. The van der Waals surface area contributed by atoms with Gasteiger partial charge in [0.05, 0.1) is 7.11 Å². The Balaban J connectivity index is 0.00000144. The van der Waals surface area contributed by atoms with Gasteiger partial charge in [0.15, 0.2) is 11.6 Å². The molecule has 5 nitrogen and oxygen atoms in total. The minimum Gasteiger partial charge on any atom is -0.464 e. The molecule has 96 valence electrons. The second-order valence-corrected chi connectivity index (χ2v) is 4.02. The molecular weight excluding hydrogens is 244 g/mol. The number of piperidine rings is 1. The number of esters is 1. The molecule has 0 bridgehead atoms. The number of carbonyl (C=O) groups is 1. The van der Waals surface area contributed by atoms with Crippen LogP contribution in [0, 0.1) is 5.92 Å². The van der Waals surface area contributed by atoms with Crippen molar-refractivity contribution in [1.82, 2.24) is 10.3 Å². The molecule has 17 heavy (non-hydrogen) atoms. The Kier molecular flexibility index (Phi) is 5.44. The lowest BCUT2D eigenvalue weighted by atomic mass is 9.95. The number of ether oxygens (including phenoxy) is 1. The van der Waals surface area contributed by atoms with Crippen molar-refractivity contribution >= 4 is 18.4 Å². The molecule has 0 aliphatic carbocycles. The number of nitrogens with zero attached hydrogens (tertiary/aromatic N) is 1. The SMILES string of the molecule is COC(=O)c1coc(CC2CCNCC2)n1.Cl. The fourth-order valence-electron chi connectivity index (χ4n) is 1.94. The van der Waals surface area contributed by atoms with Crippen molar-refractivity contribution in [2.45, 2.75) is 19.3 Å². The summed E-state index contributed by atoms with van der Waals surface area (Å²) in [5.74, 6) is 0.790. The van der Waals surface area contributed by atoms with E-state index in [1.807, 2.05) is 0 Å². The highest BCUT2D eigenvalue weighted by Gasteiger charge is 2.18. The molecule has 0 unspecified atom stereocenters. The molecule has 1 N–H and O–H groups in total. The number of methoxy groups -OCH3 is 1. The van der Waals surface area contributed by atoms with Crippen LogP contribution >= 0.6 is 12.4 Å². The molecule has 0 radical (unpaired) electrons. The Labute approximate surface area is 106 Å². The van der Waals surface area contributed by atoms with Gasteiger partial charge in [-0.1, -0.05) is 0 Å². The summed E-state index contributed by atoms with van der Waals surface area (Å²) in [6.45, 7) is 2.10. The third-order valence-electron chi connectivity index (χ3n) is 2.87. The van der Waals surface area contributed by atoms with Crippen LogP contribution in [0.25, 0.3) is 0 Å². The van der Waals surface area contributed by atoms with Gasteiger partial charge in [0.1, 0.15) is 6.26 Å². The Morgan fingerprint density at radius 1 is 1.59 bits per heavy atom.